The molecule has 0 saturated carbocycles. The Kier molecular flexibility index (Phi) is 4.90. The third-order valence-electron chi connectivity index (χ3n) is 5.32. The van der Waals surface area contributed by atoms with E-state index in [1.807, 2.05) is 0 Å². The zero-order valence-corrected chi connectivity index (χ0v) is 14.4. The maximum atomic E-state index is 12.3. The first-order valence-corrected chi connectivity index (χ1v) is 8.79. The molecular formula is C19H28N2O2. The molecule has 0 aliphatic carbocycles. The van der Waals surface area contributed by atoms with Crippen LogP contribution in [-0.4, -0.2) is 50.2 Å². The third-order valence-corrected chi connectivity index (χ3v) is 5.32. The molecule has 0 radical (unpaired) electrons. The van der Waals surface area contributed by atoms with Crippen LogP contribution in [0.3, 0.4) is 0 Å². The van der Waals surface area contributed by atoms with E-state index in [9.17, 15) is 4.79 Å². The van der Waals surface area contributed by atoms with Crippen molar-refractivity contribution in [2.75, 3.05) is 44.3 Å². The summed E-state index contributed by atoms with van der Waals surface area (Å²) >= 11 is 0. The van der Waals surface area contributed by atoms with Gasteiger partial charge in [-0.2, -0.15) is 0 Å². The minimum absolute atomic E-state index is 0.230. The Morgan fingerprint density at radius 3 is 2.91 bits per heavy atom. The summed E-state index contributed by atoms with van der Waals surface area (Å²) in [5.41, 5.74) is 2.75. The van der Waals surface area contributed by atoms with Gasteiger partial charge < -0.3 is 14.5 Å². The van der Waals surface area contributed by atoms with E-state index in [2.05, 4.69) is 47.9 Å². The number of rotatable bonds is 5. The summed E-state index contributed by atoms with van der Waals surface area (Å²) in [6.45, 7) is 9.50. The summed E-state index contributed by atoms with van der Waals surface area (Å²) in [5.74, 6) is 0.308. The van der Waals surface area contributed by atoms with E-state index in [1.165, 1.54) is 11.3 Å². The van der Waals surface area contributed by atoms with E-state index in [0.717, 1.165) is 52.2 Å². The molecule has 0 N–H and O–H groups in total. The molecule has 1 atom stereocenters. The Labute approximate surface area is 139 Å². The molecule has 23 heavy (non-hydrogen) atoms. The molecule has 4 heteroatoms. The van der Waals surface area contributed by atoms with Gasteiger partial charge in [0.1, 0.15) is 0 Å². The highest BCUT2D eigenvalue weighted by molar-refractivity contribution is 5.77. The van der Waals surface area contributed by atoms with Crippen LogP contribution in [0.1, 0.15) is 31.7 Å². The first kappa shape index (κ1) is 16.3. The molecule has 0 aromatic heterocycles. The average molecular weight is 316 g/mol. The van der Waals surface area contributed by atoms with Gasteiger partial charge in [0, 0.05) is 50.3 Å². The van der Waals surface area contributed by atoms with Crippen molar-refractivity contribution in [3.8, 4) is 0 Å². The summed E-state index contributed by atoms with van der Waals surface area (Å²) in [6, 6.07) is 8.59. The molecule has 2 aliphatic rings. The smallest absolute Gasteiger partial charge is 0.222 e. The molecule has 3 rings (SSSR count). The molecule has 2 fully saturated rings. The van der Waals surface area contributed by atoms with Gasteiger partial charge >= 0.3 is 0 Å². The van der Waals surface area contributed by atoms with E-state index in [-0.39, 0.29) is 5.41 Å². The molecule has 0 bridgehead atoms. The second kappa shape index (κ2) is 6.91. The second-order valence-corrected chi connectivity index (χ2v) is 7.04. The first-order chi connectivity index (χ1) is 11.1. The van der Waals surface area contributed by atoms with Gasteiger partial charge in [-0.25, -0.2) is 0 Å². The van der Waals surface area contributed by atoms with Crippen molar-refractivity contribution in [1.82, 2.24) is 4.90 Å². The summed E-state index contributed by atoms with van der Waals surface area (Å²) in [4.78, 5) is 16.7. The Morgan fingerprint density at radius 2 is 2.22 bits per heavy atom. The van der Waals surface area contributed by atoms with Crippen molar-refractivity contribution >= 4 is 11.6 Å². The van der Waals surface area contributed by atoms with Crippen molar-refractivity contribution in [2.24, 2.45) is 5.41 Å². The van der Waals surface area contributed by atoms with Crippen LogP contribution in [0, 0.1) is 12.3 Å². The standard InChI is InChI=1S/C19H28N2O2/c1-3-20(17-6-4-5-16(2)13-17)10-11-21-14-19(8-7-18(21)22)9-12-23-15-19/h4-6,13H,3,7-12,14-15H2,1-2H3/t19-/m0/s1. The van der Waals surface area contributed by atoms with Crippen molar-refractivity contribution < 1.29 is 9.53 Å². The zero-order valence-electron chi connectivity index (χ0n) is 14.4. The average Bonchev–Trinajstić information content (AvgIpc) is 3.00. The van der Waals surface area contributed by atoms with Crippen LogP contribution in [0.2, 0.25) is 0 Å². The van der Waals surface area contributed by atoms with E-state index in [1.54, 1.807) is 0 Å². The number of likely N-dealkylation sites (N-methyl/N-ethyl adjacent to an activating group) is 1. The second-order valence-electron chi connectivity index (χ2n) is 7.04. The van der Waals surface area contributed by atoms with E-state index < -0.39 is 0 Å². The number of hydrogen-bond acceptors (Lipinski definition) is 3. The summed E-state index contributed by atoms with van der Waals surface area (Å²) < 4.78 is 5.60. The lowest BCUT2D eigenvalue weighted by atomic mass is 9.79. The highest BCUT2D eigenvalue weighted by Crippen LogP contribution is 2.38. The van der Waals surface area contributed by atoms with Gasteiger partial charge in [0.05, 0.1) is 6.61 Å². The van der Waals surface area contributed by atoms with Gasteiger partial charge in [-0.15, -0.1) is 0 Å². The summed E-state index contributed by atoms with van der Waals surface area (Å²) in [7, 11) is 0. The van der Waals surface area contributed by atoms with Crippen LogP contribution >= 0.6 is 0 Å². The van der Waals surface area contributed by atoms with Crippen molar-refractivity contribution in [3.05, 3.63) is 29.8 Å². The molecule has 0 unspecified atom stereocenters. The first-order valence-electron chi connectivity index (χ1n) is 8.79. The highest BCUT2D eigenvalue weighted by Gasteiger charge is 2.41. The van der Waals surface area contributed by atoms with Gasteiger partial charge in [-0.1, -0.05) is 12.1 Å². The van der Waals surface area contributed by atoms with Gasteiger partial charge in [0.2, 0.25) is 5.91 Å². The predicted molar refractivity (Wildman–Crippen MR) is 92.7 cm³/mol. The Balaban J connectivity index is 1.62. The fourth-order valence-corrected chi connectivity index (χ4v) is 3.81. The molecule has 2 aliphatic heterocycles. The maximum absolute atomic E-state index is 12.3. The number of hydrogen-bond donors (Lipinski definition) is 0. The number of amides is 1. The zero-order chi connectivity index (χ0) is 16.3. The quantitative estimate of drug-likeness (QED) is 0.837. The molecule has 1 amide bonds. The molecule has 1 spiro atoms. The fourth-order valence-electron chi connectivity index (χ4n) is 3.81. The topological polar surface area (TPSA) is 32.8 Å². The maximum Gasteiger partial charge on any atom is 0.222 e. The van der Waals surface area contributed by atoms with E-state index in [0.29, 0.717) is 12.3 Å². The van der Waals surface area contributed by atoms with Crippen LogP contribution in [0.4, 0.5) is 5.69 Å². The number of ether oxygens (including phenoxy) is 1. The van der Waals surface area contributed by atoms with Crippen LogP contribution < -0.4 is 4.90 Å². The van der Waals surface area contributed by atoms with Crippen LogP contribution in [0.15, 0.2) is 24.3 Å². The summed E-state index contributed by atoms with van der Waals surface area (Å²) in [5, 5.41) is 0. The number of aryl methyl sites for hydroxylation is 1. The molecule has 2 saturated heterocycles. The van der Waals surface area contributed by atoms with Crippen molar-refractivity contribution in [3.63, 3.8) is 0 Å². The Morgan fingerprint density at radius 1 is 1.35 bits per heavy atom. The number of carbonyl (C=O) groups excluding carboxylic acids is 1. The van der Waals surface area contributed by atoms with Gasteiger partial charge in [-0.05, 0) is 44.4 Å². The number of carbonyl (C=O) groups is 1. The van der Waals surface area contributed by atoms with Crippen LogP contribution in [0.5, 0.6) is 0 Å². The van der Waals surface area contributed by atoms with Gasteiger partial charge in [0.25, 0.3) is 0 Å². The number of nitrogens with zero attached hydrogens (tertiary/aromatic N) is 2. The van der Waals surface area contributed by atoms with Gasteiger partial charge in [0.15, 0.2) is 0 Å². The molecular weight excluding hydrogens is 288 g/mol. The molecule has 1 aromatic rings. The SMILES string of the molecule is CCN(CCN1C[C@@]2(CCOC2)CCC1=O)c1cccc(C)c1. The van der Waals surface area contributed by atoms with Crippen molar-refractivity contribution in [2.45, 2.75) is 33.1 Å². The fraction of sp³-hybridized carbons (Fsp3) is 0.632. The monoisotopic (exact) mass is 316 g/mol. The minimum Gasteiger partial charge on any atom is -0.381 e. The number of anilines is 1. The number of benzene rings is 1. The Bertz CT molecular complexity index is 552. The number of piperidine rings is 1. The molecule has 4 nitrogen and oxygen atoms in total. The molecule has 1 aromatic carbocycles. The predicted octanol–water partition coefficient (Wildman–Crippen LogP) is 2.85. The largest absolute Gasteiger partial charge is 0.381 e. The van der Waals surface area contributed by atoms with E-state index in [4.69, 9.17) is 4.74 Å². The van der Waals surface area contributed by atoms with Crippen LogP contribution in [-0.2, 0) is 9.53 Å². The number of likely N-dealkylation sites (tertiary alicyclic amines) is 1. The molecule has 126 valence electrons. The lowest BCUT2D eigenvalue weighted by Gasteiger charge is -2.40. The summed E-state index contributed by atoms with van der Waals surface area (Å²) in [6.07, 6.45) is 2.78. The normalized spacial score (nSPS) is 24.4. The third kappa shape index (κ3) is 3.69. The lowest BCUT2D eigenvalue weighted by molar-refractivity contribution is -0.137. The lowest BCUT2D eigenvalue weighted by Crippen LogP contribution is -2.49. The Hall–Kier alpha value is -1.55. The molecule has 2 heterocycles. The highest BCUT2D eigenvalue weighted by atomic mass is 16.5. The van der Waals surface area contributed by atoms with Gasteiger partial charge in [-0.3, -0.25) is 4.79 Å². The van der Waals surface area contributed by atoms with E-state index >= 15 is 0 Å². The minimum atomic E-state index is 0.230. The van der Waals surface area contributed by atoms with Crippen molar-refractivity contribution in [1.29, 1.82) is 0 Å². The van der Waals surface area contributed by atoms with Crippen LogP contribution in [0.25, 0.3) is 0 Å².